The van der Waals surface area contributed by atoms with Gasteiger partial charge in [0.2, 0.25) is 5.95 Å². The molecule has 25 rings (SSSR count). The van der Waals surface area contributed by atoms with Crippen molar-refractivity contribution in [2.45, 2.75) is 0 Å². The zero-order valence-electron chi connectivity index (χ0n) is 56.5. The predicted octanol–water partition coefficient (Wildman–Crippen LogP) is 25.5. The molecule has 6 aromatic heterocycles. The summed E-state index contributed by atoms with van der Waals surface area (Å²) in [6, 6.07) is 118. The molecule has 0 fully saturated rings. The van der Waals surface area contributed by atoms with Gasteiger partial charge in [-0.3, -0.25) is 13.7 Å². The van der Waals surface area contributed by atoms with Crippen molar-refractivity contribution in [3.63, 3.8) is 0 Å². The summed E-state index contributed by atoms with van der Waals surface area (Å²) >= 11 is 0. The minimum atomic E-state index is 0.699. The quantitative estimate of drug-likeness (QED) is 0.165. The summed E-state index contributed by atoms with van der Waals surface area (Å²) in [4.78, 5) is 19.2. The van der Waals surface area contributed by atoms with Crippen LogP contribution in [-0.4, -0.2) is 33.6 Å². The summed E-state index contributed by atoms with van der Waals surface area (Å²) in [5, 5.41) is 23.3. The number of aromatic nitrogens is 7. The van der Waals surface area contributed by atoms with Crippen molar-refractivity contribution >= 4 is 130 Å². The van der Waals surface area contributed by atoms with Crippen LogP contribution in [0.3, 0.4) is 0 Å². The summed E-state index contributed by atoms with van der Waals surface area (Å²) in [6.07, 6.45) is 5.49. The lowest BCUT2D eigenvalue weighted by Crippen LogP contribution is -2.00. The van der Waals surface area contributed by atoms with Crippen molar-refractivity contribution < 1.29 is 0 Å². The van der Waals surface area contributed by atoms with Gasteiger partial charge in [0.15, 0.2) is 0 Å². The summed E-state index contributed by atoms with van der Waals surface area (Å²) in [5.74, 6) is 2.58. The van der Waals surface area contributed by atoms with Crippen LogP contribution >= 0.6 is 0 Å². The Hall–Kier alpha value is -14.1. The van der Waals surface area contributed by atoms with Gasteiger partial charge in [0.05, 0.1) is 38.8 Å². The second-order valence-electron chi connectivity index (χ2n) is 27.8. The van der Waals surface area contributed by atoms with Crippen LogP contribution < -0.4 is 0 Å². The van der Waals surface area contributed by atoms with E-state index in [1.54, 1.807) is 0 Å². The van der Waals surface area contributed by atoms with Crippen molar-refractivity contribution in [1.82, 2.24) is 33.6 Å². The summed E-state index contributed by atoms with van der Waals surface area (Å²) in [6.45, 7) is 0. The first-order chi connectivity index (χ1) is 52.2. The third-order valence-corrected chi connectivity index (χ3v) is 22.5. The van der Waals surface area contributed by atoms with Gasteiger partial charge in [-0.15, -0.1) is 0 Å². The van der Waals surface area contributed by atoms with E-state index in [4.69, 9.17) is 9.97 Å². The minimum Gasteiger partial charge on any atom is -0.294 e. The smallest absolute Gasteiger partial charge is 0.234 e. The molecular weight excluding hydrogens is 1280 g/mol. The summed E-state index contributed by atoms with van der Waals surface area (Å²) < 4.78 is 6.88. The first kappa shape index (κ1) is 57.6. The molecule has 0 saturated carbocycles. The zero-order chi connectivity index (χ0) is 68.5. The molecule has 105 heavy (non-hydrogen) atoms. The highest BCUT2D eigenvalue weighted by Crippen LogP contribution is 2.55. The highest BCUT2D eigenvalue weighted by molar-refractivity contribution is 6.37. The van der Waals surface area contributed by atoms with E-state index in [1.807, 2.05) is 36.8 Å². The van der Waals surface area contributed by atoms with E-state index in [0.717, 1.165) is 33.9 Å². The molecule has 0 amide bonds. The Bertz CT molecular complexity index is 7230. The van der Waals surface area contributed by atoms with Crippen molar-refractivity contribution in [1.29, 1.82) is 0 Å². The van der Waals surface area contributed by atoms with Crippen molar-refractivity contribution in [2.24, 2.45) is 0 Å². The van der Waals surface area contributed by atoms with E-state index in [2.05, 4.69) is 333 Å². The lowest BCUT2D eigenvalue weighted by Gasteiger charge is -2.15. The van der Waals surface area contributed by atoms with Crippen molar-refractivity contribution in [2.75, 3.05) is 0 Å². The fraction of sp³-hybridized carbons (Fsp3) is 0. The van der Waals surface area contributed by atoms with Gasteiger partial charge in [-0.2, -0.15) is 0 Å². The number of rotatable bonds is 4. The Morgan fingerprint density at radius 3 is 0.981 bits per heavy atom. The molecule has 484 valence electrons. The van der Waals surface area contributed by atoms with E-state index < -0.39 is 0 Å². The van der Waals surface area contributed by atoms with Crippen molar-refractivity contribution in [3.8, 4) is 95.6 Å². The number of fused-ring (bicyclic) bond motifs is 15. The van der Waals surface area contributed by atoms with Gasteiger partial charge >= 0.3 is 0 Å². The van der Waals surface area contributed by atoms with Gasteiger partial charge in [0, 0.05) is 72.6 Å². The standard InChI is InChI=1S/C37H22N2.C31H18N2.C30H17N3/c1-2-10-23(11-3-1)31-17-9-19-34(38-31)39-32-18-8-16-28-26-14-6-7-15-27(26)30-22-24-12-4-5-13-25(24)29-20-21-33(39)37(35(29)30)36(28)32;1-2-9-20-19(8-1)18-25-22-11-4-3-10-21(22)23-12-7-13-26-30(23)31-27(16-15-24(20)29(25)31)33(26)28-14-5-6-17-32-28;1-2-8-19-18(7-1)17-24-21-10-4-3-9-20(21)22-11-5-12-25-28(22)29-26(14-13-23(19)27(24)29)33(25)30-31-15-6-16-32-30/h1-22H;1-18H;1-17H. The lowest BCUT2D eigenvalue weighted by atomic mass is 9.90. The Labute approximate surface area is 601 Å². The number of benzene rings is 16. The van der Waals surface area contributed by atoms with Crippen LogP contribution in [0.1, 0.15) is 0 Å². The topological polar surface area (TPSA) is 66.3 Å². The third-order valence-electron chi connectivity index (χ3n) is 22.5. The molecule has 3 aliphatic carbocycles. The number of nitrogens with zero attached hydrogens (tertiary/aromatic N) is 7. The molecule has 22 aromatic rings. The molecule has 0 aliphatic heterocycles. The first-order valence-corrected chi connectivity index (χ1v) is 35.9. The zero-order valence-corrected chi connectivity index (χ0v) is 56.5. The lowest BCUT2D eigenvalue weighted by molar-refractivity contribution is 0.989. The molecule has 3 aliphatic rings. The average Bonchev–Trinajstić information content (AvgIpc) is 1.47. The van der Waals surface area contributed by atoms with E-state index in [-0.39, 0.29) is 0 Å². The van der Waals surface area contributed by atoms with E-state index in [0.29, 0.717) is 5.95 Å². The van der Waals surface area contributed by atoms with Gasteiger partial charge in [-0.25, -0.2) is 19.9 Å². The predicted molar refractivity (Wildman–Crippen MR) is 437 cm³/mol. The largest absolute Gasteiger partial charge is 0.294 e. The maximum atomic E-state index is 5.19. The molecular formula is C98H57N7. The summed E-state index contributed by atoms with van der Waals surface area (Å²) in [5.41, 5.74) is 24.6. The van der Waals surface area contributed by atoms with Crippen LogP contribution in [0.4, 0.5) is 0 Å². The van der Waals surface area contributed by atoms with Gasteiger partial charge in [0.25, 0.3) is 0 Å². The normalized spacial score (nSPS) is 12.2. The molecule has 0 N–H and O–H groups in total. The average molecular weight is 1330 g/mol. The maximum absolute atomic E-state index is 5.19. The maximum Gasteiger partial charge on any atom is 0.234 e. The minimum absolute atomic E-state index is 0.699. The number of pyridine rings is 2. The van der Waals surface area contributed by atoms with Crippen LogP contribution in [0, 0.1) is 0 Å². The molecule has 0 spiro atoms. The SMILES string of the molecule is c1ccc(-c2cccc(-n3c4cccc5c4c4c6c(cc7ccccc7c6ccc43)-c3ccccc3-5)n2)cc1.c1ccc(-n2c3cccc4c3c3c5c(cc6ccccc6c5ccc32)-c2ccccc2-4)nc1.c1cnc(-n2c3cccc4c3c3c5c(cc6ccccc6c5ccc32)-c2ccccc2-4)nc1. The second-order valence-corrected chi connectivity index (χ2v) is 27.8. The van der Waals surface area contributed by atoms with E-state index >= 15 is 0 Å². The second kappa shape index (κ2) is 22.2. The first-order valence-electron chi connectivity index (χ1n) is 35.9. The molecule has 0 radical (unpaired) electrons. The van der Waals surface area contributed by atoms with Gasteiger partial charge < -0.3 is 0 Å². The molecule has 7 nitrogen and oxygen atoms in total. The molecule has 16 aromatic carbocycles. The number of hydrogen-bond acceptors (Lipinski definition) is 4. The van der Waals surface area contributed by atoms with Gasteiger partial charge in [-0.05, 0) is 200 Å². The Morgan fingerprint density at radius 2 is 0.533 bits per heavy atom. The fourth-order valence-electron chi connectivity index (χ4n) is 18.3. The van der Waals surface area contributed by atoms with Crippen LogP contribution in [0.15, 0.2) is 346 Å². The van der Waals surface area contributed by atoms with Crippen LogP contribution in [-0.2, 0) is 0 Å². The molecule has 0 unspecified atom stereocenters. The highest BCUT2D eigenvalue weighted by Gasteiger charge is 2.30. The Balaban J connectivity index is 0.0000000965. The monoisotopic (exact) mass is 1330 g/mol. The summed E-state index contributed by atoms with van der Waals surface area (Å²) in [7, 11) is 0. The highest BCUT2D eigenvalue weighted by atomic mass is 15.1. The van der Waals surface area contributed by atoms with E-state index in [9.17, 15) is 0 Å². The van der Waals surface area contributed by atoms with Crippen LogP contribution in [0.5, 0.6) is 0 Å². The Kier molecular flexibility index (Phi) is 12.2. The Morgan fingerprint density at radius 1 is 0.190 bits per heavy atom. The molecule has 7 heteroatoms. The van der Waals surface area contributed by atoms with Gasteiger partial charge in [-0.1, -0.05) is 243 Å². The molecule has 0 saturated heterocycles. The molecule has 6 heterocycles. The van der Waals surface area contributed by atoms with Crippen LogP contribution in [0.25, 0.3) is 226 Å². The molecule has 0 atom stereocenters. The fourth-order valence-corrected chi connectivity index (χ4v) is 18.3. The van der Waals surface area contributed by atoms with E-state index in [1.165, 1.54) is 186 Å². The molecule has 0 bridgehead atoms. The van der Waals surface area contributed by atoms with Crippen molar-refractivity contribution in [3.05, 3.63) is 346 Å². The van der Waals surface area contributed by atoms with Crippen LogP contribution in [0.2, 0.25) is 0 Å². The third kappa shape index (κ3) is 8.20. The number of hydrogen-bond donors (Lipinski definition) is 0. The van der Waals surface area contributed by atoms with Gasteiger partial charge in [0.1, 0.15) is 11.6 Å².